The first-order chi connectivity index (χ1) is 12.6. The van der Waals surface area contributed by atoms with Crippen molar-refractivity contribution >= 4 is 11.9 Å². The second-order valence-electron chi connectivity index (χ2n) is 5.61. The van der Waals surface area contributed by atoms with E-state index >= 15 is 0 Å². The van der Waals surface area contributed by atoms with Gasteiger partial charge in [-0.15, -0.1) is 0 Å². The van der Waals surface area contributed by atoms with Gasteiger partial charge >= 0.3 is 5.97 Å². The van der Waals surface area contributed by atoms with Gasteiger partial charge in [0.25, 0.3) is 5.91 Å². The third-order valence-electron chi connectivity index (χ3n) is 3.67. The normalized spacial score (nSPS) is 11.3. The zero-order chi connectivity index (χ0) is 18.8. The number of carbonyl (C=O) groups is 2. The van der Waals surface area contributed by atoms with Gasteiger partial charge in [-0.25, -0.2) is 0 Å². The average molecular weight is 357 g/mol. The second-order valence-corrected chi connectivity index (χ2v) is 5.61. The van der Waals surface area contributed by atoms with Crippen LogP contribution in [0.3, 0.4) is 0 Å². The maximum Gasteiger partial charge on any atom is 0.309 e. The van der Waals surface area contributed by atoms with Crippen LogP contribution in [0.25, 0.3) is 0 Å². The summed E-state index contributed by atoms with van der Waals surface area (Å²) in [6, 6.07) is 16.6. The summed E-state index contributed by atoms with van der Waals surface area (Å²) >= 11 is 0. The zero-order valence-electron chi connectivity index (χ0n) is 14.9. The van der Waals surface area contributed by atoms with Gasteiger partial charge in [0.05, 0.1) is 26.2 Å². The first-order valence-corrected chi connectivity index (χ1v) is 8.36. The number of hydrogen-bond acceptors (Lipinski definition) is 5. The number of methoxy groups -OCH3 is 1. The standard InChI is InChI=1S/C20H23NO5/c1-15(16-8-4-3-5-9-16)21-19(22)14-26-20(23)12-13-25-18-11-7-6-10-17(18)24-2/h3-11,15H,12-14H2,1-2H3,(H,21,22)/t15-/m0/s1. The Labute approximate surface area is 153 Å². The average Bonchev–Trinajstić information content (AvgIpc) is 2.67. The molecule has 2 aromatic carbocycles. The van der Waals surface area contributed by atoms with Gasteiger partial charge in [0, 0.05) is 0 Å². The molecule has 0 saturated carbocycles. The van der Waals surface area contributed by atoms with E-state index in [1.807, 2.05) is 49.4 Å². The van der Waals surface area contributed by atoms with Crippen LogP contribution in [0, 0.1) is 0 Å². The van der Waals surface area contributed by atoms with Crippen molar-refractivity contribution in [2.45, 2.75) is 19.4 Å². The van der Waals surface area contributed by atoms with Crippen molar-refractivity contribution in [1.29, 1.82) is 0 Å². The Balaban J connectivity index is 1.67. The Hall–Kier alpha value is -3.02. The molecule has 0 unspecified atom stereocenters. The summed E-state index contributed by atoms with van der Waals surface area (Å²) in [4.78, 5) is 23.6. The summed E-state index contributed by atoms with van der Waals surface area (Å²) in [6.45, 7) is 1.70. The highest BCUT2D eigenvalue weighted by Gasteiger charge is 2.12. The number of carbonyl (C=O) groups excluding carboxylic acids is 2. The molecule has 0 aliphatic carbocycles. The molecule has 0 heterocycles. The summed E-state index contributed by atoms with van der Waals surface area (Å²) in [5, 5.41) is 2.78. The van der Waals surface area contributed by atoms with Crippen molar-refractivity contribution in [2.75, 3.05) is 20.3 Å². The van der Waals surface area contributed by atoms with Crippen LogP contribution in [-0.4, -0.2) is 32.2 Å². The lowest BCUT2D eigenvalue weighted by Gasteiger charge is -2.14. The van der Waals surface area contributed by atoms with Crippen LogP contribution >= 0.6 is 0 Å². The predicted molar refractivity (Wildman–Crippen MR) is 97.1 cm³/mol. The fourth-order valence-electron chi connectivity index (χ4n) is 2.31. The van der Waals surface area contributed by atoms with Gasteiger partial charge in [0.15, 0.2) is 18.1 Å². The van der Waals surface area contributed by atoms with Gasteiger partial charge in [-0.3, -0.25) is 9.59 Å². The maximum atomic E-state index is 11.9. The predicted octanol–water partition coefficient (Wildman–Crippen LogP) is 2.88. The quantitative estimate of drug-likeness (QED) is 0.699. The highest BCUT2D eigenvalue weighted by Crippen LogP contribution is 2.25. The minimum Gasteiger partial charge on any atom is -0.493 e. The Morgan fingerprint density at radius 2 is 1.65 bits per heavy atom. The SMILES string of the molecule is COc1ccccc1OCCC(=O)OCC(=O)N[C@@H](C)c1ccccc1. The number of rotatable bonds is 9. The monoisotopic (exact) mass is 357 g/mol. The third-order valence-corrected chi connectivity index (χ3v) is 3.67. The molecule has 6 nitrogen and oxygen atoms in total. The lowest BCUT2D eigenvalue weighted by molar-refractivity contribution is -0.149. The van der Waals surface area contributed by atoms with Crippen LogP contribution in [0.15, 0.2) is 54.6 Å². The van der Waals surface area contributed by atoms with E-state index in [1.54, 1.807) is 19.2 Å². The van der Waals surface area contributed by atoms with Crippen LogP contribution < -0.4 is 14.8 Å². The van der Waals surface area contributed by atoms with Crippen molar-refractivity contribution in [2.24, 2.45) is 0 Å². The Morgan fingerprint density at radius 3 is 2.35 bits per heavy atom. The number of esters is 1. The molecule has 0 aliphatic heterocycles. The Morgan fingerprint density at radius 1 is 1.00 bits per heavy atom. The van der Waals surface area contributed by atoms with E-state index in [4.69, 9.17) is 14.2 Å². The number of benzene rings is 2. The van der Waals surface area contributed by atoms with Gasteiger partial charge in [-0.1, -0.05) is 42.5 Å². The summed E-state index contributed by atoms with van der Waals surface area (Å²) in [5.74, 6) is 0.301. The van der Waals surface area contributed by atoms with Crippen molar-refractivity contribution in [1.82, 2.24) is 5.32 Å². The zero-order valence-corrected chi connectivity index (χ0v) is 14.9. The van der Waals surface area contributed by atoms with E-state index in [0.29, 0.717) is 11.5 Å². The molecule has 0 aromatic heterocycles. The molecule has 1 amide bonds. The lowest BCUT2D eigenvalue weighted by atomic mass is 10.1. The number of hydrogen-bond donors (Lipinski definition) is 1. The number of ether oxygens (including phenoxy) is 3. The molecule has 0 radical (unpaired) electrons. The van der Waals surface area contributed by atoms with E-state index in [2.05, 4.69) is 5.32 Å². The molecule has 6 heteroatoms. The van der Waals surface area contributed by atoms with E-state index in [-0.39, 0.29) is 31.6 Å². The molecule has 26 heavy (non-hydrogen) atoms. The second kappa shape index (κ2) is 10.1. The molecule has 2 rings (SSSR count). The van der Waals surface area contributed by atoms with Gasteiger partial charge in [-0.05, 0) is 24.6 Å². The van der Waals surface area contributed by atoms with Crippen molar-refractivity contribution in [3.05, 3.63) is 60.2 Å². The maximum absolute atomic E-state index is 11.9. The van der Waals surface area contributed by atoms with Crippen LogP contribution in [0.4, 0.5) is 0 Å². The van der Waals surface area contributed by atoms with E-state index < -0.39 is 5.97 Å². The molecule has 138 valence electrons. The van der Waals surface area contributed by atoms with Crippen LogP contribution in [0.2, 0.25) is 0 Å². The van der Waals surface area contributed by atoms with Gasteiger partial charge in [0.1, 0.15) is 0 Å². The Bertz CT molecular complexity index is 717. The van der Waals surface area contributed by atoms with Gasteiger partial charge in [0.2, 0.25) is 0 Å². The molecule has 2 aromatic rings. The summed E-state index contributed by atoms with van der Waals surface area (Å²) in [5.41, 5.74) is 0.984. The summed E-state index contributed by atoms with van der Waals surface area (Å²) < 4.78 is 15.6. The van der Waals surface area contributed by atoms with E-state index in [1.165, 1.54) is 0 Å². The van der Waals surface area contributed by atoms with Crippen LogP contribution in [-0.2, 0) is 14.3 Å². The number of para-hydroxylation sites is 2. The smallest absolute Gasteiger partial charge is 0.309 e. The molecule has 0 fully saturated rings. The molecule has 0 saturated heterocycles. The van der Waals surface area contributed by atoms with E-state index in [9.17, 15) is 9.59 Å². The highest BCUT2D eigenvalue weighted by atomic mass is 16.5. The first-order valence-electron chi connectivity index (χ1n) is 8.36. The number of nitrogens with one attached hydrogen (secondary N) is 1. The van der Waals surface area contributed by atoms with Crippen molar-refractivity contribution in [3.8, 4) is 11.5 Å². The third kappa shape index (κ3) is 6.12. The Kier molecular flexibility index (Phi) is 7.49. The van der Waals surface area contributed by atoms with Crippen LogP contribution in [0.5, 0.6) is 11.5 Å². The highest BCUT2D eigenvalue weighted by molar-refractivity contribution is 5.80. The minimum absolute atomic E-state index is 0.0412. The lowest BCUT2D eigenvalue weighted by Crippen LogP contribution is -2.31. The number of amides is 1. The molecule has 0 spiro atoms. The minimum atomic E-state index is -0.498. The molecule has 0 aliphatic rings. The largest absolute Gasteiger partial charge is 0.493 e. The fourth-order valence-corrected chi connectivity index (χ4v) is 2.31. The van der Waals surface area contributed by atoms with Crippen molar-refractivity contribution in [3.63, 3.8) is 0 Å². The fraction of sp³-hybridized carbons (Fsp3) is 0.300. The van der Waals surface area contributed by atoms with Gasteiger partial charge in [-0.2, -0.15) is 0 Å². The molecule has 1 atom stereocenters. The van der Waals surface area contributed by atoms with Crippen LogP contribution in [0.1, 0.15) is 24.9 Å². The molecular weight excluding hydrogens is 334 g/mol. The summed E-state index contributed by atoms with van der Waals surface area (Å²) in [6.07, 6.45) is 0.0412. The molecule has 1 N–H and O–H groups in total. The first kappa shape index (κ1) is 19.3. The van der Waals surface area contributed by atoms with E-state index in [0.717, 1.165) is 5.56 Å². The molecular formula is C20H23NO5. The van der Waals surface area contributed by atoms with Crippen molar-refractivity contribution < 1.29 is 23.8 Å². The topological polar surface area (TPSA) is 73.9 Å². The van der Waals surface area contributed by atoms with Gasteiger partial charge < -0.3 is 19.5 Å². The molecule has 0 bridgehead atoms. The summed E-state index contributed by atoms with van der Waals surface area (Å²) in [7, 11) is 1.55.